The summed E-state index contributed by atoms with van der Waals surface area (Å²) < 4.78 is 41.8. The second-order valence-corrected chi connectivity index (χ2v) is 10.2. The van der Waals surface area contributed by atoms with Gasteiger partial charge in [0.1, 0.15) is 5.82 Å². The maximum atomic E-state index is 13.4. The summed E-state index contributed by atoms with van der Waals surface area (Å²) in [6, 6.07) is 16.9. The van der Waals surface area contributed by atoms with Gasteiger partial charge in [0.15, 0.2) is 5.13 Å². The van der Waals surface area contributed by atoms with Crippen LogP contribution in [0.4, 0.5) is 9.52 Å². The summed E-state index contributed by atoms with van der Waals surface area (Å²) in [6.45, 7) is 0.193. The number of imide groups is 1. The number of hydrogen-bond donors (Lipinski definition) is 1. The molecule has 0 fully saturated rings. The van der Waals surface area contributed by atoms with Crippen molar-refractivity contribution >= 4 is 48.5 Å². The summed E-state index contributed by atoms with van der Waals surface area (Å²) in [5.74, 6) is -1.07. The summed E-state index contributed by atoms with van der Waals surface area (Å²) in [4.78, 5) is 30.3. The molecule has 4 aromatic rings. The van der Waals surface area contributed by atoms with Crippen LogP contribution in [0.3, 0.4) is 0 Å². The van der Waals surface area contributed by atoms with Crippen LogP contribution in [0, 0.1) is 5.82 Å². The Morgan fingerprint density at radius 2 is 1.61 bits per heavy atom. The molecule has 10 heteroatoms. The van der Waals surface area contributed by atoms with Gasteiger partial charge < -0.3 is 0 Å². The van der Waals surface area contributed by atoms with Crippen molar-refractivity contribution < 1.29 is 22.4 Å². The van der Waals surface area contributed by atoms with Crippen LogP contribution >= 0.6 is 11.3 Å². The lowest BCUT2D eigenvalue weighted by Gasteiger charge is -2.14. The smallest absolute Gasteiger partial charge is 0.263 e. The van der Waals surface area contributed by atoms with Crippen LogP contribution in [0.5, 0.6) is 0 Å². The average molecular weight is 482 g/mol. The summed E-state index contributed by atoms with van der Waals surface area (Å²) in [7, 11) is -3.89. The number of aromatic nitrogens is 1. The zero-order valence-corrected chi connectivity index (χ0v) is 18.6. The third kappa shape index (κ3) is 3.98. The number of nitrogens with zero attached hydrogens (tertiary/aromatic N) is 2. The highest BCUT2D eigenvalue weighted by Gasteiger charge is 2.34. The number of sulfonamides is 1. The minimum absolute atomic E-state index is 0.0393. The first-order chi connectivity index (χ1) is 15.8. The van der Waals surface area contributed by atoms with E-state index in [2.05, 4.69) is 9.71 Å². The van der Waals surface area contributed by atoms with E-state index in [1.54, 1.807) is 36.4 Å². The van der Waals surface area contributed by atoms with Crippen molar-refractivity contribution in [3.8, 4) is 0 Å². The monoisotopic (exact) mass is 481 g/mol. The molecule has 0 unspecified atom stereocenters. The molecule has 0 bridgehead atoms. The van der Waals surface area contributed by atoms with Gasteiger partial charge in [-0.25, -0.2) is 17.8 Å². The second-order valence-electron chi connectivity index (χ2n) is 7.44. The number of fused-ring (bicyclic) bond motifs is 2. The summed E-state index contributed by atoms with van der Waals surface area (Å²) in [6.07, 6.45) is 0.392. The molecule has 0 atom stereocenters. The van der Waals surface area contributed by atoms with Gasteiger partial charge in [0.2, 0.25) is 0 Å². The normalized spacial score (nSPS) is 13.5. The largest absolute Gasteiger partial charge is 0.274 e. The molecule has 33 heavy (non-hydrogen) atoms. The number of amides is 2. The van der Waals surface area contributed by atoms with Gasteiger partial charge in [-0.05, 0) is 54.4 Å². The Kier molecular flexibility index (Phi) is 5.18. The molecule has 0 saturated heterocycles. The second kappa shape index (κ2) is 8.05. The molecule has 2 amide bonds. The summed E-state index contributed by atoms with van der Waals surface area (Å²) >= 11 is 1.04. The van der Waals surface area contributed by atoms with Crippen molar-refractivity contribution in [3.63, 3.8) is 0 Å². The molecule has 1 aromatic heterocycles. The number of carbonyl (C=O) groups is 2. The highest BCUT2D eigenvalue weighted by atomic mass is 32.2. The number of rotatable bonds is 6. The molecule has 166 valence electrons. The van der Waals surface area contributed by atoms with Crippen molar-refractivity contribution in [1.82, 2.24) is 9.88 Å². The maximum absolute atomic E-state index is 13.4. The Morgan fingerprint density at radius 3 is 2.27 bits per heavy atom. The Balaban J connectivity index is 1.27. The quantitative estimate of drug-likeness (QED) is 0.419. The Hall–Kier alpha value is -3.63. The van der Waals surface area contributed by atoms with Gasteiger partial charge in [-0.15, -0.1) is 0 Å². The summed E-state index contributed by atoms with van der Waals surface area (Å²) in [5.41, 5.74) is 2.07. The predicted octanol–water partition coefficient (Wildman–Crippen LogP) is 4.07. The third-order valence-electron chi connectivity index (χ3n) is 5.31. The van der Waals surface area contributed by atoms with Gasteiger partial charge >= 0.3 is 0 Å². The van der Waals surface area contributed by atoms with Gasteiger partial charge in [0.25, 0.3) is 21.8 Å². The van der Waals surface area contributed by atoms with E-state index in [0.717, 1.165) is 16.9 Å². The fraction of sp³-hybridized carbons (Fsp3) is 0.0870. The molecule has 1 aliphatic rings. The van der Waals surface area contributed by atoms with E-state index in [1.165, 1.54) is 35.2 Å². The fourth-order valence-corrected chi connectivity index (χ4v) is 5.76. The number of nitrogens with one attached hydrogen (secondary N) is 1. The topological polar surface area (TPSA) is 96.4 Å². The molecular weight excluding hydrogens is 465 g/mol. The van der Waals surface area contributed by atoms with Crippen LogP contribution in [-0.4, -0.2) is 36.7 Å². The van der Waals surface area contributed by atoms with E-state index in [9.17, 15) is 22.4 Å². The van der Waals surface area contributed by atoms with E-state index < -0.39 is 15.8 Å². The lowest BCUT2D eigenvalue weighted by Crippen LogP contribution is -2.31. The molecule has 5 rings (SSSR count). The third-order valence-corrected chi connectivity index (χ3v) is 7.73. The molecule has 0 aliphatic carbocycles. The number of anilines is 1. The minimum Gasteiger partial charge on any atom is -0.274 e. The standard InChI is InChI=1S/C23H16FN3O4S2/c24-15-7-10-19-20(13-15)32-23(25-19)26-33(30,31)16-8-5-14(6-9-16)11-12-27-21(28)17-3-1-2-4-18(17)22(27)29/h1-10,13H,11-12H2,(H,25,26). The van der Waals surface area contributed by atoms with Crippen LogP contribution < -0.4 is 4.72 Å². The van der Waals surface area contributed by atoms with Crippen LogP contribution in [0.1, 0.15) is 26.3 Å². The van der Waals surface area contributed by atoms with E-state index >= 15 is 0 Å². The van der Waals surface area contributed by atoms with E-state index in [4.69, 9.17) is 0 Å². The first-order valence-corrected chi connectivity index (χ1v) is 12.2. The van der Waals surface area contributed by atoms with Gasteiger partial charge in [-0.3, -0.25) is 19.2 Å². The van der Waals surface area contributed by atoms with Gasteiger partial charge in [-0.2, -0.15) is 0 Å². The highest BCUT2D eigenvalue weighted by molar-refractivity contribution is 7.93. The minimum atomic E-state index is -3.89. The van der Waals surface area contributed by atoms with Crippen molar-refractivity contribution in [1.29, 1.82) is 0 Å². The molecule has 1 N–H and O–H groups in total. The fourth-order valence-electron chi connectivity index (χ4n) is 3.63. The van der Waals surface area contributed by atoms with Crippen molar-refractivity contribution in [2.75, 3.05) is 11.3 Å². The lowest BCUT2D eigenvalue weighted by molar-refractivity contribution is 0.0656. The van der Waals surface area contributed by atoms with Crippen molar-refractivity contribution in [3.05, 3.63) is 89.2 Å². The van der Waals surface area contributed by atoms with Crippen molar-refractivity contribution in [2.45, 2.75) is 11.3 Å². The molecular formula is C23H16FN3O4S2. The van der Waals surface area contributed by atoms with Gasteiger partial charge in [-0.1, -0.05) is 35.6 Å². The molecule has 7 nitrogen and oxygen atoms in total. The number of carbonyl (C=O) groups excluding carboxylic acids is 2. The predicted molar refractivity (Wildman–Crippen MR) is 122 cm³/mol. The van der Waals surface area contributed by atoms with E-state index in [1.807, 2.05) is 0 Å². The number of thiazole rings is 1. The maximum Gasteiger partial charge on any atom is 0.263 e. The van der Waals surface area contributed by atoms with Gasteiger partial charge in [0, 0.05) is 6.54 Å². The number of halogens is 1. The van der Waals surface area contributed by atoms with Crippen LogP contribution in [-0.2, 0) is 16.4 Å². The van der Waals surface area contributed by atoms with Crippen molar-refractivity contribution in [2.24, 2.45) is 0 Å². The van der Waals surface area contributed by atoms with Gasteiger partial charge in [0.05, 0.1) is 26.2 Å². The molecule has 0 spiro atoms. The number of benzene rings is 3. The highest BCUT2D eigenvalue weighted by Crippen LogP contribution is 2.28. The van der Waals surface area contributed by atoms with Crippen LogP contribution in [0.25, 0.3) is 10.2 Å². The Bertz CT molecular complexity index is 1480. The Morgan fingerprint density at radius 1 is 0.939 bits per heavy atom. The zero-order chi connectivity index (χ0) is 23.2. The number of hydrogen-bond acceptors (Lipinski definition) is 6. The first-order valence-electron chi connectivity index (χ1n) is 9.95. The molecule has 3 aromatic carbocycles. The zero-order valence-electron chi connectivity index (χ0n) is 17.0. The van der Waals surface area contributed by atoms with E-state index in [0.29, 0.717) is 27.8 Å². The van der Waals surface area contributed by atoms with Crippen LogP contribution in [0.2, 0.25) is 0 Å². The lowest BCUT2D eigenvalue weighted by atomic mass is 10.1. The molecule has 0 radical (unpaired) electrons. The Labute approximate surface area is 192 Å². The SMILES string of the molecule is O=C1c2ccccc2C(=O)N1CCc1ccc(S(=O)(=O)Nc2nc3ccc(F)cc3s2)cc1. The van der Waals surface area contributed by atoms with E-state index in [-0.39, 0.29) is 28.4 Å². The first kappa shape index (κ1) is 21.2. The van der Waals surface area contributed by atoms with Crippen LogP contribution in [0.15, 0.2) is 71.6 Å². The molecule has 2 heterocycles. The molecule has 1 aliphatic heterocycles. The average Bonchev–Trinajstić information content (AvgIpc) is 3.30. The molecule has 0 saturated carbocycles. The summed E-state index contributed by atoms with van der Waals surface area (Å²) in [5, 5.41) is 0.144.